The summed E-state index contributed by atoms with van der Waals surface area (Å²) in [5.41, 5.74) is -0.739. The molecule has 0 aromatic heterocycles. The second kappa shape index (κ2) is 7.46. The molecule has 12 nitrogen and oxygen atoms in total. The van der Waals surface area contributed by atoms with Crippen LogP contribution in [0.5, 0.6) is 0 Å². The lowest BCUT2D eigenvalue weighted by molar-refractivity contribution is -0.384. The molecule has 0 saturated carbocycles. The summed E-state index contributed by atoms with van der Waals surface area (Å²) in [6, 6.07) is 2.82. The minimum atomic E-state index is -1.72. The summed E-state index contributed by atoms with van der Waals surface area (Å²) in [6.45, 7) is 2.47. The molecule has 1 unspecified atom stereocenters. The minimum absolute atomic E-state index is 0.0304. The van der Waals surface area contributed by atoms with Gasteiger partial charge in [0.15, 0.2) is 5.41 Å². The molecule has 1 spiro atoms. The van der Waals surface area contributed by atoms with Crippen LogP contribution in [0.2, 0.25) is 0 Å². The van der Waals surface area contributed by atoms with E-state index in [9.17, 15) is 29.3 Å². The molecule has 0 bridgehead atoms. The van der Waals surface area contributed by atoms with Gasteiger partial charge in [0.25, 0.3) is 5.69 Å². The molecule has 2 fully saturated rings. The highest BCUT2D eigenvalue weighted by molar-refractivity contribution is 6.20. The zero-order chi connectivity index (χ0) is 23.4. The van der Waals surface area contributed by atoms with Gasteiger partial charge < -0.3 is 14.5 Å². The smallest absolute Gasteiger partial charge is 0.409 e. The molecule has 1 aromatic rings. The van der Waals surface area contributed by atoms with Crippen molar-refractivity contribution in [3.63, 3.8) is 0 Å². The van der Waals surface area contributed by atoms with E-state index in [1.54, 1.807) is 13.0 Å². The van der Waals surface area contributed by atoms with E-state index in [0.717, 1.165) is 9.80 Å². The van der Waals surface area contributed by atoms with Gasteiger partial charge in [-0.2, -0.15) is 0 Å². The van der Waals surface area contributed by atoms with Gasteiger partial charge in [-0.05, 0) is 18.6 Å². The number of nitro benzene ring substituents is 1. The van der Waals surface area contributed by atoms with Gasteiger partial charge in [0.2, 0.25) is 11.8 Å². The van der Waals surface area contributed by atoms with Gasteiger partial charge in [-0.15, -0.1) is 0 Å². The van der Waals surface area contributed by atoms with Crippen LogP contribution in [0.3, 0.4) is 0 Å². The molecule has 1 atom stereocenters. The van der Waals surface area contributed by atoms with Crippen LogP contribution in [0.15, 0.2) is 18.2 Å². The molecule has 3 aliphatic heterocycles. The zero-order valence-electron chi connectivity index (χ0n) is 17.9. The third-order valence-electron chi connectivity index (χ3n) is 6.47. The van der Waals surface area contributed by atoms with Gasteiger partial charge in [-0.3, -0.25) is 29.5 Å². The average Bonchev–Trinajstić information content (AvgIpc) is 2.79. The Balaban J connectivity index is 1.87. The molecule has 0 N–H and O–H groups in total. The summed E-state index contributed by atoms with van der Waals surface area (Å²) >= 11 is 0. The summed E-state index contributed by atoms with van der Waals surface area (Å²) in [7, 11) is 2.60. The Morgan fingerprint density at radius 3 is 2.44 bits per heavy atom. The molecule has 12 heteroatoms. The number of benzene rings is 1. The second-order valence-electron chi connectivity index (χ2n) is 8.08. The number of nitrogens with zero attached hydrogens (tertiary/aromatic N) is 5. The van der Waals surface area contributed by atoms with Gasteiger partial charge >= 0.3 is 12.1 Å². The van der Waals surface area contributed by atoms with Crippen molar-refractivity contribution in [3.8, 4) is 0 Å². The van der Waals surface area contributed by atoms with E-state index in [4.69, 9.17) is 4.74 Å². The van der Waals surface area contributed by atoms with Crippen LogP contribution in [0.25, 0.3) is 0 Å². The Labute approximate surface area is 183 Å². The standard InChI is InChI=1S/C20H23N5O7/c1-4-32-19(29)23-7-8-24-14-6-5-13(25(30)31)9-12(14)10-20(15(24)11-23)16(26)21(2)18(28)22(3)17(20)27/h5-6,9,15H,4,7-8,10-11H2,1-3H3. The molecule has 32 heavy (non-hydrogen) atoms. The first-order valence-corrected chi connectivity index (χ1v) is 10.2. The Bertz CT molecular complexity index is 1020. The first-order valence-electron chi connectivity index (χ1n) is 10.2. The van der Waals surface area contributed by atoms with E-state index in [1.807, 2.05) is 4.90 Å². The quantitative estimate of drug-likeness (QED) is 0.371. The molecule has 0 radical (unpaired) electrons. The summed E-state index contributed by atoms with van der Waals surface area (Å²) < 4.78 is 5.11. The van der Waals surface area contributed by atoms with Crippen molar-refractivity contribution < 1.29 is 28.8 Å². The monoisotopic (exact) mass is 445 g/mol. The maximum Gasteiger partial charge on any atom is 0.409 e. The fourth-order valence-electron chi connectivity index (χ4n) is 4.92. The van der Waals surface area contributed by atoms with E-state index in [2.05, 4.69) is 0 Å². The van der Waals surface area contributed by atoms with Crippen molar-refractivity contribution in [1.82, 2.24) is 14.7 Å². The van der Waals surface area contributed by atoms with E-state index in [1.165, 1.54) is 31.1 Å². The number of anilines is 1. The van der Waals surface area contributed by atoms with Crippen molar-refractivity contribution in [2.75, 3.05) is 45.2 Å². The minimum Gasteiger partial charge on any atom is -0.450 e. The van der Waals surface area contributed by atoms with Crippen LogP contribution in [-0.2, 0) is 20.7 Å². The fraction of sp³-hybridized carbons (Fsp3) is 0.500. The Kier molecular flexibility index (Phi) is 5.02. The van der Waals surface area contributed by atoms with Gasteiger partial charge in [0, 0.05) is 58.0 Å². The number of rotatable bonds is 2. The number of carbonyl (C=O) groups is 4. The average molecular weight is 445 g/mol. The van der Waals surface area contributed by atoms with Crippen molar-refractivity contribution in [3.05, 3.63) is 33.9 Å². The molecule has 1 aromatic carbocycles. The molecule has 3 heterocycles. The lowest BCUT2D eigenvalue weighted by Crippen LogP contribution is -2.75. The highest BCUT2D eigenvalue weighted by Crippen LogP contribution is 2.47. The van der Waals surface area contributed by atoms with Gasteiger partial charge in [-0.25, -0.2) is 9.59 Å². The highest BCUT2D eigenvalue weighted by Gasteiger charge is 2.64. The molecular formula is C20H23N5O7. The van der Waals surface area contributed by atoms with Crippen LogP contribution in [0, 0.1) is 15.5 Å². The number of barbiturate groups is 1. The number of hydrogen-bond acceptors (Lipinski definition) is 8. The maximum absolute atomic E-state index is 13.5. The lowest BCUT2D eigenvalue weighted by Gasteiger charge is -2.55. The van der Waals surface area contributed by atoms with Crippen LogP contribution in [0.4, 0.5) is 21.0 Å². The summed E-state index contributed by atoms with van der Waals surface area (Å²) in [4.78, 5) is 67.7. The molecule has 170 valence electrons. The molecular weight excluding hydrogens is 422 g/mol. The second-order valence-corrected chi connectivity index (χ2v) is 8.08. The van der Waals surface area contributed by atoms with Crippen molar-refractivity contribution >= 4 is 35.3 Å². The number of imide groups is 2. The van der Waals surface area contributed by atoms with Crippen LogP contribution in [-0.4, -0.2) is 89.9 Å². The number of piperazine rings is 1. The predicted molar refractivity (Wildman–Crippen MR) is 110 cm³/mol. The number of non-ortho nitro benzene ring substituents is 1. The Hall–Kier alpha value is -3.70. The first-order chi connectivity index (χ1) is 15.1. The topological polar surface area (TPSA) is 134 Å². The lowest BCUT2D eigenvalue weighted by atomic mass is 9.67. The Morgan fingerprint density at radius 2 is 1.84 bits per heavy atom. The predicted octanol–water partition coefficient (Wildman–Crippen LogP) is 0.835. The summed E-state index contributed by atoms with van der Waals surface area (Å²) in [5, 5.41) is 11.3. The van der Waals surface area contributed by atoms with Crippen LogP contribution >= 0.6 is 0 Å². The highest BCUT2D eigenvalue weighted by atomic mass is 16.6. The number of fused-ring (bicyclic) bond motifs is 4. The molecule has 4 rings (SSSR count). The van der Waals surface area contributed by atoms with Crippen molar-refractivity contribution in [1.29, 1.82) is 0 Å². The number of nitro groups is 1. The normalized spacial score (nSPS) is 22.1. The largest absolute Gasteiger partial charge is 0.450 e. The number of hydrogen-bond donors (Lipinski definition) is 0. The summed E-state index contributed by atoms with van der Waals surface area (Å²) in [5.74, 6) is -1.38. The number of urea groups is 1. The SMILES string of the molecule is CCOC(=O)N1CCN2c3ccc([N+](=O)[O-])cc3CC3(C(=O)N(C)C(=O)N(C)C3=O)C2C1. The molecule has 0 aliphatic carbocycles. The van der Waals surface area contributed by atoms with E-state index in [-0.39, 0.29) is 38.3 Å². The van der Waals surface area contributed by atoms with Gasteiger partial charge in [0.05, 0.1) is 17.6 Å². The van der Waals surface area contributed by atoms with E-state index < -0.39 is 40.3 Å². The first kappa shape index (κ1) is 21.5. The van der Waals surface area contributed by atoms with Crippen LogP contribution < -0.4 is 4.90 Å². The fourth-order valence-corrected chi connectivity index (χ4v) is 4.92. The van der Waals surface area contributed by atoms with Gasteiger partial charge in [0.1, 0.15) is 0 Å². The van der Waals surface area contributed by atoms with Crippen molar-refractivity contribution in [2.45, 2.75) is 19.4 Å². The Morgan fingerprint density at radius 1 is 1.19 bits per heavy atom. The van der Waals surface area contributed by atoms with Crippen molar-refractivity contribution in [2.24, 2.45) is 5.41 Å². The number of ether oxygens (including phenoxy) is 1. The van der Waals surface area contributed by atoms with Gasteiger partial charge in [-0.1, -0.05) is 0 Å². The van der Waals surface area contributed by atoms with E-state index in [0.29, 0.717) is 11.3 Å². The molecule has 2 saturated heterocycles. The molecule has 3 aliphatic rings. The third kappa shape index (κ3) is 2.89. The maximum atomic E-state index is 13.5. The number of carbonyl (C=O) groups excluding carboxylic acids is 4. The van der Waals surface area contributed by atoms with E-state index >= 15 is 0 Å². The molecule has 5 amide bonds. The van der Waals surface area contributed by atoms with Crippen LogP contribution in [0.1, 0.15) is 12.5 Å². The third-order valence-corrected chi connectivity index (χ3v) is 6.47. The summed E-state index contributed by atoms with van der Waals surface area (Å²) in [6.07, 6.45) is -0.674. The zero-order valence-corrected chi connectivity index (χ0v) is 17.9. The number of amides is 5.